The molecule has 0 saturated heterocycles. The molecule has 1 N–H and O–H groups in total. The lowest BCUT2D eigenvalue weighted by atomic mass is 10.0. The van der Waals surface area contributed by atoms with Crippen molar-refractivity contribution in [1.82, 2.24) is 5.32 Å². The molecule has 0 bridgehead atoms. The average molecular weight is 175 g/mol. The molecule has 0 spiro atoms. The smallest absolute Gasteiger partial charge is 0.407 e. The Labute approximate surface area is 73.2 Å². The van der Waals surface area contributed by atoms with Crippen LogP contribution in [-0.2, 0) is 9.47 Å². The zero-order chi connectivity index (χ0) is 9.61. The van der Waals surface area contributed by atoms with Crippen molar-refractivity contribution in [2.45, 2.75) is 25.8 Å². The van der Waals surface area contributed by atoms with Crippen molar-refractivity contribution in [3.63, 3.8) is 0 Å². The Morgan fingerprint density at radius 2 is 2.00 bits per heavy atom. The van der Waals surface area contributed by atoms with Crippen molar-refractivity contribution in [2.24, 2.45) is 0 Å². The number of ether oxygens (including phenoxy) is 2. The summed E-state index contributed by atoms with van der Waals surface area (Å²) in [6, 6.07) is 0. The predicted molar refractivity (Wildman–Crippen MR) is 46.1 cm³/mol. The van der Waals surface area contributed by atoms with Crippen LogP contribution in [0.1, 0.15) is 20.3 Å². The molecule has 0 aliphatic heterocycles. The molecule has 0 aliphatic rings. The zero-order valence-electron chi connectivity index (χ0n) is 8.14. The summed E-state index contributed by atoms with van der Waals surface area (Å²) in [7, 11) is 2.98. The van der Waals surface area contributed by atoms with E-state index in [1.807, 2.05) is 13.8 Å². The standard InChI is InChI=1S/C8H17NO3/c1-8(2,5-6-11-3)9-7(10)12-4/h5-6H2,1-4H3,(H,9,10). The fourth-order valence-electron chi connectivity index (χ4n) is 0.747. The van der Waals surface area contributed by atoms with E-state index < -0.39 is 6.09 Å². The molecule has 0 fully saturated rings. The van der Waals surface area contributed by atoms with E-state index >= 15 is 0 Å². The van der Waals surface area contributed by atoms with Crippen LogP contribution in [0.3, 0.4) is 0 Å². The Bertz CT molecular complexity index is 145. The monoisotopic (exact) mass is 175 g/mol. The minimum Gasteiger partial charge on any atom is -0.453 e. The highest BCUT2D eigenvalue weighted by Gasteiger charge is 2.19. The molecule has 0 heterocycles. The van der Waals surface area contributed by atoms with E-state index in [1.54, 1.807) is 7.11 Å². The first-order valence-corrected chi connectivity index (χ1v) is 3.87. The van der Waals surface area contributed by atoms with Crippen LogP contribution in [0, 0.1) is 0 Å². The van der Waals surface area contributed by atoms with Gasteiger partial charge in [-0.25, -0.2) is 4.79 Å². The number of methoxy groups -OCH3 is 2. The van der Waals surface area contributed by atoms with E-state index in [1.165, 1.54) is 7.11 Å². The summed E-state index contributed by atoms with van der Waals surface area (Å²) in [5.41, 5.74) is -0.275. The zero-order valence-corrected chi connectivity index (χ0v) is 8.14. The van der Waals surface area contributed by atoms with Crippen LogP contribution < -0.4 is 5.32 Å². The lowest BCUT2D eigenvalue weighted by Gasteiger charge is -2.24. The highest BCUT2D eigenvalue weighted by atomic mass is 16.5. The Balaban J connectivity index is 3.77. The molecule has 4 nitrogen and oxygen atoms in total. The third-order valence-electron chi connectivity index (χ3n) is 1.56. The van der Waals surface area contributed by atoms with Crippen LogP contribution in [0.4, 0.5) is 4.79 Å². The van der Waals surface area contributed by atoms with Gasteiger partial charge in [0, 0.05) is 19.3 Å². The molecule has 4 heteroatoms. The van der Waals surface area contributed by atoms with E-state index in [4.69, 9.17) is 4.74 Å². The van der Waals surface area contributed by atoms with Gasteiger partial charge in [-0.2, -0.15) is 0 Å². The van der Waals surface area contributed by atoms with Crippen molar-refractivity contribution in [2.75, 3.05) is 20.8 Å². The van der Waals surface area contributed by atoms with E-state index in [2.05, 4.69) is 10.1 Å². The second-order valence-electron chi connectivity index (χ2n) is 3.24. The molecule has 0 aromatic rings. The molecule has 0 atom stereocenters. The van der Waals surface area contributed by atoms with Crippen LogP contribution in [0.5, 0.6) is 0 Å². The van der Waals surface area contributed by atoms with Gasteiger partial charge in [-0.15, -0.1) is 0 Å². The molecule has 0 aromatic carbocycles. The van der Waals surface area contributed by atoms with Crippen molar-refractivity contribution in [1.29, 1.82) is 0 Å². The SMILES string of the molecule is COCCC(C)(C)NC(=O)OC. The topological polar surface area (TPSA) is 47.6 Å². The third kappa shape index (κ3) is 4.96. The summed E-state index contributed by atoms with van der Waals surface area (Å²) in [6.45, 7) is 4.46. The van der Waals surface area contributed by atoms with Gasteiger partial charge in [0.1, 0.15) is 0 Å². The quantitative estimate of drug-likeness (QED) is 0.697. The van der Waals surface area contributed by atoms with Crippen LogP contribution in [0.25, 0.3) is 0 Å². The second-order valence-corrected chi connectivity index (χ2v) is 3.24. The Hall–Kier alpha value is -0.770. The molecule has 0 aromatic heterocycles. The molecule has 12 heavy (non-hydrogen) atoms. The average Bonchev–Trinajstić information content (AvgIpc) is 2.00. The second kappa shape index (κ2) is 4.98. The molecule has 0 saturated carbocycles. The molecule has 0 radical (unpaired) electrons. The van der Waals surface area contributed by atoms with Gasteiger partial charge in [0.2, 0.25) is 0 Å². The first-order chi connectivity index (χ1) is 5.52. The van der Waals surface area contributed by atoms with Crippen LogP contribution in [0.15, 0.2) is 0 Å². The first-order valence-electron chi connectivity index (χ1n) is 3.87. The maximum Gasteiger partial charge on any atom is 0.407 e. The maximum absolute atomic E-state index is 10.8. The number of amides is 1. The Morgan fingerprint density at radius 1 is 1.42 bits per heavy atom. The largest absolute Gasteiger partial charge is 0.453 e. The van der Waals surface area contributed by atoms with Crippen LogP contribution >= 0.6 is 0 Å². The lowest BCUT2D eigenvalue weighted by molar-refractivity contribution is 0.140. The van der Waals surface area contributed by atoms with Crippen LogP contribution in [-0.4, -0.2) is 32.5 Å². The molecule has 0 unspecified atom stereocenters. The van der Waals surface area contributed by atoms with Crippen LogP contribution in [0.2, 0.25) is 0 Å². The molecule has 0 rings (SSSR count). The van der Waals surface area contributed by atoms with Gasteiger partial charge in [-0.1, -0.05) is 0 Å². The summed E-state index contributed by atoms with van der Waals surface area (Å²) in [6.07, 6.45) is 0.356. The third-order valence-corrected chi connectivity index (χ3v) is 1.56. The lowest BCUT2D eigenvalue weighted by Crippen LogP contribution is -2.44. The fraction of sp³-hybridized carbons (Fsp3) is 0.875. The molecular weight excluding hydrogens is 158 g/mol. The number of carbonyl (C=O) groups excluding carboxylic acids is 1. The van der Waals surface area contributed by atoms with Crippen molar-refractivity contribution >= 4 is 6.09 Å². The number of hydrogen-bond donors (Lipinski definition) is 1. The molecule has 72 valence electrons. The fourth-order valence-corrected chi connectivity index (χ4v) is 0.747. The van der Waals surface area contributed by atoms with Gasteiger partial charge in [-0.3, -0.25) is 0 Å². The maximum atomic E-state index is 10.8. The van der Waals surface area contributed by atoms with E-state index in [0.717, 1.165) is 6.42 Å². The summed E-state index contributed by atoms with van der Waals surface area (Å²) in [5, 5.41) is 2.70. The van der Waals surface area contributed by atoms with E-state index in [0.29, 0.717) is 6.61 Å². The normalized spacial score (nSPS) is 11.0. The Kier molecular flexibility index (Phi) is 4.66. The van der Waals surface area contributed by atoms with Gasteiger partial charge in [-0.05, 0) is 20.3 Å². The molecule has 0 aliphatic carbocycles. The number of nitrogens with one attached hydrogen (secondary N) is 1. The summed E-state index contributed by atoms with van der Waals surface area (Å²) < 4.78 is 9.38. The summed E-state index contributed by atoms with van der Waals surface area (Å²) in [4.78, 5) is 10.8. The van der Waals surface area contributed by atoms with E-state index in [-0.39, 0.29) is 5.54 Å². The van der Waals surface area contributed by atoms with Gasteiger partial charge in [0.15, 0.2) is 0 Å². The molecule has 1 amide bonds. The highest BCUT2D eigenvalue weighted by Crippen LogP contribution is 2.07. The predicted octanol–water partition coefficient (Wildman–Crippen LogP) is 1.16. The summed E-state index contributed by atoms with van der Waals surface area (Å²) in [5.74, 6) is 0. The Morgan fingerprint density at radius 3 is 2.42 bits per heavy atom. The van der Waals surface area contributed by atoms with Gasteiger partial charge in [0.25, 0.3) is 0 Å². The minimum absolute atomic E-state index is 0.275. The number of hydrogen-bond acceptors (Lipinski definition) is 3. The van der Waals surface area contributed by atoms with Crippen molar-refractivity contribution < 1.29 is 14.3 Å². The highest BCUT2D eigenvalue weighted by molar-refractivity contribution is 5.67. The number of carbonyl (C=O) groups is 1. The number of rotatable bonds is 4. The summed E-state index contributed by atoms with van der Waals surface area (Å²) >= 11 is 0. The van der Waals surface area contributed by atoms with E-state index in [9.17, 15) is 4.79 Å². The number of alkyl carbamates (subject to hydrolysis) is 1. The van der Waals surface area contributed by atoms with Gasteiger partial charge >= 0.3 is 6.09 Å². The minimum atomic E-state index is -0.406. The van der Waals surface area contributed by atoms with Gasteiger partial charge in [0.05, 0.1) is 7.11 Å². The van der Waals surface area contributed by atoms with Gasteiger partial charge < -0.3 is 14.8 Å². The van der Waals surface area contributed by atoms with Crippen molar-refractivity contribution in [3.05, 3.63) is 0 Å². The first kappa shape index (κ1) is 11.2. The molecular formula is C8H17NO3. The van der Waals surface area contributed by atoms with Crippen molar-refractivity contribution in [3.8, 4) is 0 Å².